The van der Waals surface area contributed by atoms with Crippen LogP contribution in [0, 0.1) is 6.92 Å². The summed E-state index contributed by atoms with van der Waals surface area (Å²) >= 11 is 0. The molecule has 1 heterocycles. The fourth-order valence-corrected chi connectivity index (χ4v) is 1.83. The van der Waals surface area contributed by atoms with Gasteiger partial charge in [-0.2, -0.15) is 5.10 Å². The maximum atomic E-state index is 11.8. The van der Waals surface area contributed by atoms with E-state index < -0.39 is 12.0 Å². The Morgan fingerprint density at radius 2 is 2.10 bits per heavy atom. The highest BCUT2D eigenvalue weighted by Gasteiger charge is 2.09. The number of hydrogen-bond donors (Lipinski definition) is 3. The van der Waals surface area contributed by atoms with E-state index in [2.05, 4.69) is 15.7 Å². The lowest BCUT2D eigenvalue weighted by Gasteiger charge is -2.08. The number of nitrogens with one attached hydrogen (secondary N) is 2. The molecule has 0 aliphatic heterocycles. The molecule has 21 heavy (non-hydrogen) atoms. The van der Waals surface area contributed by atoms with E-state index in [1.54, 1.807) is 43.0 Å². The molecule has 1 aromatic heterocycles. The molecule has 0 radical (unpaired) electrons. The molecule has 2 aromatic rings. The number of nitrogens with zero attached hydrogens (tertiary/aromatic N) is 2. The van der Waals surface area contributed by atoms with Crippen molar-refractivity contribution in [3.8, 4) is 0 Å². The molecule has 0 atom stereocenters. The van der Waals surface area contributed by atoms with Crippen molar-refractivity contribution in [2.24, 2.45) is 7.05 Å². The topological polar surface area (TPSA) is 96.3 Å². The van der Waals surface area contributed by atoms with Gasteiger partial charge in [0, 0.05) is 18.9 Å². The Hall–Kier alpha value is -2.83. The van der Waals surface area contributed by atoms with Gasteiger partial charge in [0.05, 0.1) is 17.8 Å². The average molecular weight is 288 g/mol. The summed E-state index contributed by atoms with van der Waals surface area (Å²) in [4.78, 5) is 22.8. The van der Waals surface area contributed by atoms with Crippen LogP contribution in [0.1, 0.15) is 21.6 Å². The molecule has 1 aromatic carbocycles. The van der Waals surface area contributed by atoms with Crippen LogP contribution < -0.4 is 10.6 Å². The van der Waals surface area contributed by atoms with E-state index in [0.717, 1.165) is 5.69 Å². The monoisotopic (exact) mass is 288 g/mol. The van der Waals surface area contributed by atoms with Crippen LogP contribution in [-0.4, -0.2) is 26.9 Å². The van der Waals surface area contributed by atoms with Crippen LogP contribution in [0.15, 0.2) is 30.5 Å². The number of amides is 2. The zero-order chi connectivity index (χ0) is 15.4. The predicted octanol–water partition coefficient (Wildman–Crippen LogP) is 1.75. The minimum atomic E-state index is -1.02. The van der Waals surface area contributed by atoms with Gasteiger partial charge in [0.1, 0.15) is 0 Å². The first-order chi connectivity index (χ1) is 9.95. The summed E-state index contributed by atoms with van der Waals surface area (Å²) in [7, 11) is 1.79. The number of anilines is 1. The van der Waals surface area contributed by atoms with E-state index in [1.165, 1.54) is 6.07 Å². The number of benzene rings is 1. The second kappa shape index (κ2) is 6.08. The van der Waals surface area contributed by atoms with Crippen molar-refractivity contribution in [2.75, 3.05) is 5.32 Å². The first-order valence-electron chi connectivity index (χ1n) is 6.33. The van der Waals surface area contributed by atoms with E-state index in [-0.39, 0.29) is 5.56 Å². The zero-order valence-corrected chi connectivity index (χ0v) is 11.8. The molecular weight excluding hydrogens is 272 g/mol. The molecule has 0 saturated heterocycles. The predicted molar refractivity (Wildman–Crippen MR) is 77.2 cm³/mol. The Morgan fingerprint density at radius 1 is 1.33 bits per heavy atom. The van der Waals surface area contributed by atoms with Gasteiger partial charge in [0.2, 0.25) is 0 Å². The van der Waals surface area contributed by atoms with Crippen molar-refractivity contribution in [3.05, 3.63) is 47.3 Å². The Labute approximate surface area is 121 Å². The number of carboxylic acids is 1. The summed E-state index contributed by atoms with van der Waals surface area (Å²) < 4.78 is 1.65. The average Bonchev–Trinajstić information content (AvgIpc) is 2.84. The van der Waals surface area contributed by atoms with Crippen molar-refractivity contribution >= 4 is 17.7 Å². The largest absolute Gasteiger partial charge is 0.478 e. The Morgan fingerprint density at radius 3 is 2.71 bits per heavy atom. The number of urea groups is 1. The van der Waals surface area contributed by atoms with Gasteiger partial charge in [-0.15, -0.1) is 0 Å². The van der Waals surface area contributed by atoms with Crippen LogP contribution in [0.2, 0.25) is 0 Å². The second-order valence-corrected chi connectivity index (χ2v) is 4.62. The number of aryl methyl sites for hydroxylation is 2. The second-order valence-electron chi connectivity index (χ2n) is 4.62. The summed E-state index contributed by atoms with van der Waals surface area (Å²) in [6.07, 6.45) is 1.79. The van der Waals surface area contributed by atoms with E-state index in [4.69, 9.17) is 5.11 Å². The Balaban J connectivity index is 1.96. The van der Waals surface area contributed by atoms with Gasteiger partial charge in [-0.05, 0) is 30.7 Å². The first-order valence-corrected chi connectivity index (χ1v) is 6.33. The number of carbonyl (C=O) groups is 2. The number of aromatic nitrogens is 2. The molecule has 0 fully saturated rings. The van der Waals surface area contributed by atoms with Crippen molar-refractivity contribution in [3.63, 3.8) is 0 Å². The van der Waals surface area contributed by atoms with E-state index in [0.29, 0.717) is 17.8 Å². The van der Waals surface area contributed by atoms with Gasteiger partial charge in [-0.3, -0.25) is 4.68 Å². The fraction of sp³-hybridized carbons (Fsp3) is 0.214. The summed E-state index contributed by atoms with van der Waals surface area (Å²) in [5, 5.41) is 18.4. The van der Waals surface area contributed by atoms with Gasteiger partial charge in [0.15, 0.2) is 0 Å². The zero-order valence-electron chi connectivity index (χ0n) is 11.8. The maximum absolute atomic E-state index is 11.8. The van der Waals surface area contributed by atoms with E-state index in [1.807, 2.05) is 0 Å². The normalized spacial score (nSPS) is 10.2. The van der Waals surface area contributed by atoms with Gasteiger partial charge in [-0.25, -0.2) is 9.59 Å². The molecule has 2 rings (SSSR count). The highest BCUT2D eigenvalue weighted by atomic mass is 16.4. The number of carboxylic acid groups (broad SMARTS) is 1. The van der Waals surface area contributed by atoms with Crippen LogP contribution in [0.4, 0.5) is 10.5 Å². The molecule has 0 bridgehead atoms. The van der Waals surface area contributed by atoms with Crippen LogP contribution in [0.5, 0.6) is 0 Å². The first kappa shape index (κ1) is 14.6. The molecule has 0 spiro atoms. The Bertz CT molecular complexity index is 679. The van der Waals surface area contributed by atoms with Crippen LogP contribution in [-0.2, 0) is 13.6 Å². The lowest BCUT2D eigenvalue weighted by Crippen LogP contribution is -2.28. The van der Waals surface area contributed by atoms with Crippen LogP contribution in [0.25, 0.3) is 0 Å². The maximum Gasteiger partial charge on any atom is 0.336 e. The van der Waals surface area contributed by atoms with Crippen molar-refractivity contribution < 1.29 is 14.7 Å². The van der Waals surface area contributed by atoms with Crippen LogP contribution in [0.3, 0.4) is 0 Å². The number of rotatable bonds is 4. The molecular formula is C14H16N4O3. The standard InChI is InChI=1S/C14H16N4O3/c1-9-3-4-10(7-12(9)13(19)20)16-14(21)15-8-11-5-6-18(2)17-11/h3-7H,8H2,1-2H3,(H,19,20)(H2,15,16,21). The highest BCUT2D eigenvalue weighted by Crippen LogP contribution is 2.15. The molecule has 7 heteroatoms. The molecule has 0 aliphatic rings. The van der Waals surface area contributed by atoms with Crippen molar-refractivity contribution in [2.45, 2.75) is 13.5 Å². The van der Waals surface area contributed by atoms with Crippen molar-refractivity contribution in [1.29, 1.82) is 0 Å². The minimum absolute atomic E-state index is 0.164. The third-order valence-corrected chi connectivity index (χ3v) is 2.92. The third-order valence-electron chi connectivity index (χ3n) is 2.92. The summed E-state index contributed by atoms with van der Waals surface area (Å²) in [6.45, 7) is 2.00. The third kappa shape index (κ3) is 3.82. The van der Waals surface area contributed by atoms with E-state index in [9.17, 15) is 9.59 Å². The smallest absolute Gasteiger partial charge is 0.336 e. The van der Waals surface area contributed by atoms with Gasteiger partial charge in [0.25, 0.3) is 0 Å². The number of carbonyl (C=O) groups excluding carboxylic acids is 1. The quantitative estimate of drug-likeness (QED) is 0.798. The Kier molecular flexibility index (Phi) is 4.22. The molecule has 0 unspecified atom stereocenters. The minimum Gasteiger partial charge on any atom is -0.478 e. The summed E-state index contributed by atoms with van der Waals surface area (Å²) in [5.41, 5.74) is 1.97. The fourth-order valence-electron chi connectivity index (χ4n) is 1.83. The van der Waals surface area contributed by atoms with E-state index >= 15 is 0 Å². The number of hydrogen-bond acceptors (Lipinski definition) is 3. The summed E-state index contributed by atoms with van der Waals surface area (Å²) in [5.74, 6) is -1.02. The lowest BCUT2D eigenvalue weighted by molar-refractivity contribution is 0.0696. The SMILES string of the molecule is Cc1ccc(NC(=O)NCc2ccn(C)n2)cc1C(=O)O. The molecule has 110 valence electrons. The van der Waals surface area contributed by atoms with Gasteiger partial charge < -0.3 is 15.7 Å². The summed E-state index contributed by atoms with van der Waals surface area (Å²) in [6, 6.07) is 6.12. The number of aromatic carboxylic acids is 1. The van der Waals surface area contributed by atoms with Gasteiger partial charge in [-0.1, -0.05) is 6.07 Å². The van der Waals surface area contributed by atoms with Crippen molar-refractivity contribution in [1.82, 2.24) is 15.1 Å². The molecule has 3 N–H and O–H groups in total. The lowest BCUT2D eigenvalue weighted by atomic mass is 10.1. The van der Waals surface area contributed by atoms with Crippen LogP contribution >= 0.6 is 0 Å². The van der Waals surface area contributed by atoms with Gasteiger partial charge >= 0.3 is 12.0 Å². The molecule has 0 saturated carbocycles. The highest BCUT2D eigenvalue weighted by molar-refractivity contribution is 5.94. The molecule has 0 aliphatic carbocycles. The molecule has 7 nitrogen and oxygen atoms in total. The molecule has 2 amide bonds.